The Kier molecular flexibility index (Phi) is 3.15. The lowest BCUT2D eigenvalue weighted by atomic mass is 10.2. The first-order valence-corrected chi connectivity index (χ1v) is 7.87. The van der Waals surface area contributed by atoms with E-state index in [4.69, 9.17) is 11.6 Å². The molecule has 1 atom stereocenters. The number of rotatable bonds is 3. The Hall–Kier alpha value is -1.20. The first-order valence-electron chi connectivity index (χ1n) is 7.34. The first-order chi connectivity index (χ1) is 10.2. The predicted octanol–water partition coefficient (Wildman–Crippen LogP) is 3.46. The third-order valence-electron chi connectivity index (χ3n) is 4.56. The predicted molar refractivity (Wildman–Crippen MR) is 77.5 cm³/mol. The lowest BCUT2D eigenvalue weighted by Gasteiger charge is -2.18. The summed E-state index contributed by atoms with van der Waals surface area (Å²) in [5.74, 6) is -0.822. The summed E-state index contributed by atoms with van der Waals surface area (Å²) in [6.45, 7) is 1.88. The Balaban J connectivity index is 1.80. The zero-order valence-electron chi connectivity index (χ0n) is 11.5. The number of halogens is 3. The maximum Gasteiger partial charge on any atom is 0.184 e. The molecule has 2 aromatic rings. The molecule has 21 heavy (non-hydrogen) atoms. The summed E-state index contributed by atoms with van der Waals surface area (Å²) in [5.41, 5.74) is 0.739. The number of likely N-dealkylation sites (tertiary alicyclic amines) is 1. The molecule has 1 unspecified atom stereocenters. The molecule has 2 aliphatic rings. The molecule has 2 fully saturated rings. The van der Waals surface area contributed by atoms with E-state index in [1.807, 2.05) is 4.57 Å². The van der Waals surface area contributed by atoms with Gasteiger partial charge in [-0.2, -0.15) is 0 Å². The van der Waals surface area contributed by atoms with Crippen LogP contribution in [0.4, 0.5) is 8.78 Å². The Bertz CT molecular complexity index is 696. The number of nitrogens with zero attached hydrogens (tertiary/aromatic N) is 3. The summed E-state index contributed by atoms with van der Waals surface area (Å²) >= 11 is 5.97. The molecular weight excluding hydrogens is 296 g/mol. The summed E-state index contributed by atoms with van der Waals surface area (Å²) in [5, 5.41) is 0. The van der Waals surface area contributed by atoms with E-state index in [-0.39, 0.29) is 17.4 Å². The van der Waals surface area contributed by atoms with Crippen molar-refractivity contribution in [3.63, 3.8) is 0 Å². The molecule has 1 aromatic carbocycles. The second-order valence-electron chi connectivity index (χ2n) is 5.93. The van der Waals surface area contributed by atoms with Crippen LogP contribution in [-0.4, -0.2) is 33.6 Å². The fourth-order valence-electron chi connectivity index (χ4n) is 3.41. The maximum atomic E-state index is 14.2. The first kappa shape index (κ1) is 13.5. The Morgan fingerprint density at radius 1 is 1.19 bits per heavy atom. The van der Waals surface area contributed by atoms with Gasteiger partial charge < -0.3 is 4.57 Å². The van der Waals surface area contributed by atoms with Gasteiger partial charge in [-0.1, -0.05) is 0 Å². The number of fused-ring (bicyclic) bond motifs is 1. The fraction of sp³-hybridized carbons (Fsp3) is 0.533. The van der Waals surface area contributed by atoms with Crippen LogP contribution in [0.3, 0.4) is 0 Å². The van der Waals surface area contributed by atoms with Crippen molar-refractivity contribution in [1.29, 1.82) is 0 Å². The minimum atomic E-state index is -0.832. The summed E-state index contributed by atoms with van der Waals surface area (Å²) in [6, 6.07) is 3.46. The molecule has 3 nitrogen and oxygen atoms in total. The molecule has 6 heteroatoms. The highest BCUT2D eigenvalue weighted by Crippen LogP contribution is 2.36. The monoisotopic (exact) mass is 311 g/mol. The Morgan fingerprint density at radius 2 is 2.00 bits per heavy atom. The van der Waals surface area contributed by atoms with Crippen LogP contribution >= 0.6 is 11.6 Å². The van der Waals surface area contributed by atoms with Crippen molar-refractivity contribution in [3.8, 4) is 0 Å². The average Bonchev–Trinajstić information content (AvgIpc) is 3.10. The van der Waals surface area contributed by atoms with Crippen LogP contribution in [0.25, 0.3) is 11.0 Å². The molecule has 1 saturated carbocycles. The van der Waals surface area contributed by atoms with Gasteiger partial charge in [0.15, 0.2) is 11.6 Å². The van der Waals surface area contributed by atoms with Gasteiger partial charge in [-0.15, -0.1) is 11.6 Å². The Labute approximate surface area is 126 Å². The van der Waals surface area contributed by atoms with E-state index >= 15 is 0 Å². The largest absolute Gasteiger partial charge is 0.320 e. The van der Waals surface area contributed by atoms with Crippen LogP contribution in [0, 0.1) is 11.6 Å². The highest BCUT2D eigenvalue weighted by molar-refractivity contribution is 6.16. The van der Waals surface area contributed by atoms with Crippen molar-refractivity contribution < 1.29 is 8.78 Å². The third kappa shape index (κ3) is 2.14. The molecule has 1 aliphatic carbocycles. The summed E-state index contributed by atoms with van der Waals surface area (Å²) in [7, 11) is 0. The highest BCUT2D eigenvalue weighted by atomic mass is 35.5. The van der Waals surface area contributed by atoms with Gasteiger partial charge in [0, 0.05) is 25.2 Å². The summed E-state index contributed by atoms with van der Waals surface area (Å²) in [4.78, 5) is 6.81. The fourth-order valence-corrected chi connectivity index (χ4v) is 3.60. The lowest BCUT2D eigenvalue weighted by Crippen LogP contribution is -2.24. The number of aromatic nitrogens is 2. The molecule has 0 amide bonds. The van der Waals surface area contributed by atoms with Crippen molar-refractivity contribution in [2.24, 2.45) is 0 Å². The van der Waals surface area contributed by atoms with E-state index in [9.17, 15) is 8.78 Å². The molecule has 0 N–H and O–H groups in total. The van der Waals surface area contributed by atoms with E-state index in [1.165, 1.54) is 18.9 Å². The van der Waals surface area contributed by atoms with Gasteiger partial charge in [-0.25, -0.2) is 13.8 Å². The smallest absolute Gasteiger partial charge is 0.184 e. The van der Waals surface area contributed by atoms with Crippen LogP contribution in [0.2, 0.25) is 0 Å². The second-order valence-corrected chi connectivity index (χ2v) is 6.20. The Morgan fingerprint density at radius 3 is 2.71 bits per heavy atom. The normalized spacial score (nSPS) is 23.3. The van der Waals surface area contributed by atoms with Crippen LogP contribution in [-0.2, 0) is 5.88 Å². The van der Waals surface area contributed by atoms with Gasteiger partial charge in [0.25, 0.3) is 0 Å². The topological polar surface area (TPSA) is 21.1 Å². The second kappa shape index (κ2) is 4.92. The zero-order chi connectivity index (χ0) is 14.6. The number of hydrogen-bond acceptors (Lipinski definition) is 2. The average molecular weight is 312 g/mol. The standard InChI is InChI=1S/C15H16ClF2N3/c16-7-13-19-12-4-3-11(17)14(18)15(12)21(13)10-5-6-20(8-10)9-1-2-9/h3-4,9-10H,1-2,5-8H2. The molecule has 4 rings (SSSR count). The molecular formula is C15H16ClF2N3. The van der Waals surface area contributed by atoms with Crippen LogP contribution in [0.5, 0.6) is 0 Å². The number of imidazole rings is 1. The maximum absolute atomic E-state index is 14.2. The number of alkyl halides is 1. The lowest BCUT2D eigenvalue weighted by molar-refractivity contribution is 0.313. The number of benzene rings is 1. The van der Waals surface area contributed by atoms with Crippen molar-refractivity contribution in [1.82, 2.24) is 14.5 Å². The van der Waals surface area contributed by atoms with Crippen LogP contribution < -0.4 is 0 Å². The highest BCUT2D eigenvalue weighted by Gasteiger charge is 2.36. The summed E-state index contributed by atoms with van der Waals surface area (Å²) < 4.78 is 29.6. The molecule has 1 aliphatic heterocycles. The van der Waals surface area contributed by atoms with Gasteiger partial charge in [-0.05, 0) is 31.4 Å². The van der Waals surface area contributed by atoms with Gasteiger partial charge in [-0.3, -0.25) is 4.90 Å². The molecule has 1 aromatic heterocycles. The molecule has 1 saturated heterocycles. The van der Waals surface area contributed by atoms with Gasteiger partial charge in [0.05, 0.1) is 11.4 Å². The summed E-state index contributed by atoms with van der Waals surface area (Å²) in [6.07, 6.45) is 3.44. The van der Waals surface area contributed by atoms with E-state index < -0.39 is 11.6 Å². The molecule has 0 spiro atoms. The zero-order valence-corrected chi connectivity index (χ0v) is 12.3. The minimum Gasteiger partial charge on any atom is -0.320 e. The molecule has 112 valence electrons. The van der Waals surface area contributed by atoms with Gasteiger partial charge >= 0.3 is 0 Å². The number of hydrogen-bond donors (Lipinski definition) is 0. The van der Waals surface area contributed by atoms with Crippen LogP contribution in [0.15, 0.2) is 12.1 Å². The van der Waals surface area contributed by atoms with E-state index in [0.717, 1.165) is 25.6 Å². The quantitative estimate of drug-likeness (QED) is 0.809. The van der Waals surface area contributed by atoms with Gasteiger partial charge in [0.1, 0.15) is 11.3 Å². The van der Waals surface area contributed by atoms with Crippen molar-refractivity contribution in [2.75, 3.05) is 13.1 Å². The van der Waals surface area contributed by atoms with E-state index in [0.29, 0.717) is 17.4 Å². The van der Waals surface area contributed by atoms with E-state index in [2.05, 4.69) is 9.88 Å². The SMILES string of the molecule is Fc1ccc2nc(CCl)n(C3CCN(C4CC4)C3)c2c1F. The van der Waals surface area contributed by atoms with Crippen LogP contribution in [0.1, 0.15) is 31.1 Å². The van der Waals surface area contributed by atoms with Gasteiger partial charge in [0.2, 0.25) is 0 Å². The third-order valence-corrected chi connectivity index (χ3v) is 4.80. The molecule has 0 bridgehead atoms. The van der Waals surface area contributed by atoms with Crippen molar-refractivity contribution in [3.05, 3.63) is 29.6 Å². The van der Waals surface area contributed by atoms with Crippen molar-refractivity contribution in [2.45, 2.75) is 37.2 Å². The van der Waals surface area contributed by atoms with E-state index in [1.54, 1.807) is 0 Å². The minimum absolute atomic E-state index is 0.126. The molecule has 2 heterocycles. The van der Waals surface area contributed by atoms with Crippen molar-refractivity contribution >= 4 is 22.6 Å². The molecule has 0 radical (unpaired) electrons.